The zero-order chi connectivity index (χ0) is 18.2. The number of rotatable bonds is 6. The van der Waals surface area contributed by atoms with Crippen LogP contribution in [0.1, 0.15) is 37.7 Å². The van der Waals surface area contributed by atoms with E-state index in [0.29, 0.717) is 11.8 Å². The molecule has 2 heterocycles. The van der Waals surface area contributed by atoms with Gasteiger partial charge in [-0.1, -0.05) is 37.3 Å². The fourth-order valence-electron chi connectivity index (χ4n) is 3.82. The summed E-state index contributed by atoms with van der Waals surface area (Å²) in [4.78, 5) is 6.90. The van der Waals surface area contributed by atoms with Gasteiger partial charge in [-0.05, 0) is 36.7 Å². The van der Waals surface area contributed by atoms with Gasteiger partial charge in [-0.15, -0.1) is 34.2 Å². The van der Waals surface area contributed by atoms with Crippen molar-refractivity contribution in [2.75, 3.05) is 26.7 Å². The molecular formula is C20H31IN6. The van der Waals surface area contributed by atoms with E-state index in [1.54, 1.807) is 12.7 Å². The van der Waals surface area contributed by atoms with Gasteiger partial charge in [-0.3, -0.25) is 4.99 Å². The van der Waals surface area contributed by atoms with Crippen molar-refractivity contribution in [2.45, 2.75) is 38.6 Å². The summed E-state index contributed by atoms with van der Waals surface area (Å²) in [5, 5.41) is 11.2. The van der Waals surface area contributed by atoms with Crippen molar-refractivity contribution in [1.29, 1.82) is 0 Å². The first kappa shape index (κ1) is 21.7. The molecule has 148 valence electrons. The lowest BCUT2D eigenvalue weighted by molar-refractivity contribution is 0.234. The number of guanidine groups is 1. The Morgan fingerprint density at radius 3 is 2.59 bits per heavy atom. The topological polar surface area (TPSA) is 58.3 Å². The molecule has 1 fully saturated rings. The highest BCUT2D eigenvalue weighted by atomic mass is 127. The van der Waals surface area contributed by atoms with Crippen molar-refractivity contribution in [3.8, 4) is 0 Å². The molecule has 1 N–H and O–H groups in total. The molecule has 2 unspecified atom stereocenters. The van der Waals surface area contributed by atoms with E-state index in [-0.39, 0.29) is 24.0 Å². The van der Waals surface area contributed by atoms with Crippen molar-refractivity contribution >= 4 is 29.9 Å². The van der Waals surface area contributed by atoms with Crippen LogP contribution in [-0.2, 0) is 6.54 Å². The predicted octanol–water partition coefficient (Wildman–Crippen LogP) is 3.38. The molecule has 7 heteroatoms. The maximum atomic E-state index is 4.50. The third-order valence-electron chi connectivity index (χ3n) is 5.24. The summed E-state index contributed by atoms with van der Waals surface area (Å²) in [6, 6.07) is 10.9. The molecule has 3 rings (SSSR count). The Balaban J connectivity index is 0.00000261. The van der Waals surface area contributed by atoms with Crippen molar-refractivity contribution < 1.29 is 0 Å². The molecule has 0 radical (unpaired) electrons. The van der Waals surface area contributed by atoms with Crippen LogP contribution >= 0.6 is 24.0 Å². The Morgan fingerprint density at radius 2 is 1.93 bits per heavy atom. The minimum absolute atomic E-state index is 0. The number of hydrogen-bond acceptors (Lipinski definition) is 3. The Hall–Kier alpha value is -1.64. The zero-order valence-corrected chi connectivity index (χ0v) is 18.6. The highest BCUT2D eigenvalue weighted by Crippen LogP contribution is 2.32. The Morgan fingerprint density at radius 1 is 1.19 bits per heavy atom. The monoisotopic (exact) mass is 482 g/mol. The van der Waals surface area contributed by atoms with E-state index in [9.17, 15) is 0 Å². The Kier molecular flexibility index (Phi) is 9.03. The summed E-state index contributed by atoms with van der Waals surface area (Å²) in [5.74, 6) is 2.31. The third-order valence-corrected chi connectivity index (χ3v) is 5.24. The van der Waals surface area contributed by atoms with E-state index in [1.807, 2.05) is 11.6 Å². The molecule has 1 aromatic heterocycles. The first-order valence-electron chi connectivity index (χ1n) is 9.61. The van der Waals surface area contributed by atoms with E-state index in [1.165, 1.54) is 12.0 Å². The van der Waals surface area contributed by atoms with Gasteiger partial charge in [0.15, 0.2) is 5.96 Å². The SMILES string of the molecule is CN=C(NCCCCn1cnnc1)N1CCC(c2ccccc2)C(C)C1.I. The van der Waals surface area contributed by atoms with Crippen molar-refractivity contribution in [3.05, 3.63) is 48.5 Å². The number of likely N-dealkylation sites (tertiary alicyclic amines) is 1. The van der Waals surface area contributed by atoms with Crippen molar-refractivity contribution in [2.24, 2.45) is 10.9 Å². The van der Waals surface area contributed by atoms with E-state index in [0.717, 1.165) is 45.0 Å². The summed E-state index contributed by atoms with van der Waals surface area (Å²) < 4.78 is 2.02. The standard InChI is InChI=1S/C20H30N6.HI/c1-17-14-26(13-10-19(17)18-8-4-3-5-9-18)20(21-2)22-11-6-7-12-25-15-23-24-16-25;/h3-5,8-9,15-17,19H,6-7,10-14H2,1-2H3,(H,21,22);1H. The van der Waals surface area contributed by atoms with Crippen LogP contribution in [0.25, 0.3) is 0 Å². The van der Waals surface area contributed by atoms with Gasteiger partial charge in [0.1, 0.15) is 12.7 Å². The van der Waals surface area contributed by atoms with Crippen LogP contribution in [0.2, 0.25) is 0 Å². The van der Waals surface area contributed by atoms with Gasteiger partial charge in [0.2, 0.25) is 0 Å². The molecule has 0 bridgehead atoms. The van der Waals surface area contributed by atoms with Crippen LogP contribution in [0, 0.1) is 5.92 Å². The average Bonchev–Trinajstić information content (AvgIpc) is 3.19. The fourth-order valence-corrected chi connectivity index (χ4v) is 3.82. The molecule has 1 aromatic carbocycles. The van der Waals surface area contributed by atoms with Crippen molar-refractivity contribution in [1.82, 2.24) is 25.0 Å². The number of nitrogens with zero attached hydrogens (tertiary/aromatic N) is 5. The summed E-state index contributed by atoms with van der Waals surface area (Å²) in [6.07, 6.45) is 6.93. The highest BCUT2D eigenvalue weighted by Gasteiger charge is 2.28. The second kappa shape index (κ2) is 11.3. The number of aromatic nitrogens is 3. The Bertz CT molecular complexity index is 673. The van der Waals surface area contributed by atoms with Crippen LogP contribution in [0.15, 0.2) is 48.0 Å². The number of halogens is 1. The van der Waals surface area contributed by atoms with Crippen LogP contribution in [-0.4, -0.2) is 52.3 Å². The molecule has 1 aliphatic heterocycles. The summed E-state index contributed by atoms with van der Waals surface area (Å²) in [7, 11) is 1.88. The van der Waals surface area contributed by atoms with Gasteiger partial charge in [0, 0.05) is 33.2 Å². The fraction of sp³-hybridized carbons (Fsp3) is 0.550. The quantitative estimate of drug-likeness (QED) is 0.297. The lowest BCUT2D eigenvalue weighted by Crippen LogP contribution is -2.48. The van der Waals surface area contributed by atoms with Gasteiger partial charge >= 0.3 is 0 Å². The van der Waals surface area contributed by atoms with Gasteiger partial charge in [0.05, 0.1) is 0 Å². The van der Waals surface area contributed by atoms with E-state index in [2.05, 4.69) is 62.7 Å². The summed E-state index contributed by atoms with van der Waals surface area (Å²) in [6.45, 7) is 6.38. The van der Waals surface area contributed by atoms with Gasteiger partial charge in [-0.2, -0.15) is 0 Å². The number of benzene rings is 1. The summed E-state index contributed by atoms with van der Waals surface area (Å²) in [5.41, 5.74) is 1.47. The van der Waals surface area contributed by atoms with Gasteiger partial charge in [-0.25, -0.2) is 0 Å². The van der Waals surface area contributed by atoms with Crippen molar-refractivity contribution in [3.63, 3.8) is 0 Å². The number of aryl methyl sites for hydroxylation is 1. The number of nitrogens with one attached hydrogen (secondary N) is 1. The minimum atomic E-state index is 0. The molecule has 1 aliphatic rings. The average molecular weight is 482 g/mol. The van der Waals surface area contributed by atoms with E-state index >= 15 is 0 Å². The van der Waals surface area contributed by atoms with Crippen LogP contribution in [0.3, 0.4) is 0 Å². The highest BCUT2D eigenvalue weighted by molar-refractivity contribution is 14.0. The summed E-state index contributed by atoms with van der Waals surface area (Å²) >= 11 is 0. The maximum Gasteiger partial charge on any atom is 0.193 e. The lowest BCUT2D eigenvalue weighted by Gasteiger charge is -2.39. The molecule has 6 nitrogen and oxygen atoms in total. The first-order valence-corrected chi connectivity index (χ1v) is 9.61. The molecule has 27 heavy (non-hydrogen) atoms. The lowest BCUT2D eigenvalue weighted by atomic mass is 9.82. The number of piperidine rings is 1. The molecule has 1 saturated heterocycles. The molecule has 0 amide bonds. The molecule has 0 aliphatic carbocycles. The normalized spacial score (nSPS) is 20.2. The van der Waals surface area contributed by atoms with Gasteiger partial charge in [0.25, 0.3) is 0 Å². The second-order valence-corrected chi connectivity index (χ2v) is 7.11. The first-order chi connectivity index (χ1) is 12.8. The molecule has 0 spiro atoms. The third kappa shape index (κ3) is 6.19. The van der Waals surface area contributed by atoms with Gasteiger partial charge < -0.3 is 14.8 Å². The molecular weight excluding hydrogens is 451 g/mol. The number of hydrogen-bond donors (Lipinski definition) is 1. The largest absolute Gasteiger partial charge is 0.356 e. The molecule has 0 saturated carbocycles. The van der Waals surface area contributed by atoms with Crippen LogP contribution in [0.5, 0.6) is 0 Å². The second-order valence-electron chi connectivity index (χ2n) is 7.11. The van der Waals surface area contributed by atoms with E-state index in [4.69, 9.17) is 0 Å². The van der Waals surface area contributed by atoms with Crippen LogP contribution in [0.4, 0.5) is 0 Å². The molecule has 2 aromatic rings. The number of unbranched alkanes of at least 4 members (excludes halogenated alkanes) is 1. The maximum absolute atomic E-state index is 4.50. The smallest absolute Gasteiger partial charge is 0.193 e. The van der Waals surface area contributed by atoms with E-state index < -0.39 is 0 Å². The van der Waals surface area contributed by atoms with Crippen LogP contribution < -0.4 is 5.32 Å². The zero-order valence-electron chi connectivity index (χ0n) is 16.3. The number of aliphatic imine (C=N–C) groups is 1. The Labute approximate surface area is 179 Å². The minimum Gasteiger partial charge on any atom is -0.356 e. The molecule has 2 atom stereocenters. The predicted molar refractivity (Wildman–Crippen MR) is 121 cm³/mol.